The van der Waals surface area contributed by atoms with Crippen LogP contribution >= 0.6 is 0 Å². The molecule has 7 nitrogen and oxygen atoms in total. The summed E-state index contributed by atoms with van der Waals surface area (Å²) in [4.78, 5) is 12.6. The Morgan fingerprint density at radius 1 is 1.08 bits per heavy atom. The maximum Gasteiger partial charge on any atom is 0.418 e. The number of alkyl halides is 3. The lowest BCUT2D eigenvalue weighted by Crippen LogP contribution is -2.56. The van der Waals surface area contributed by atoms with Gasteiger partial charge in [-0.2, -0.15) is 18.3 Å². The van der Waals surface area contributed by atoms with Gasteiger partial charge in [0.1, 0.15) is 34.5 Å². The Morgan fingerprint density at radius 3 is 2.31 bits per heavy atom. The first-order valence-electron chi connectivity index (χ1n) is 10.4. The predicted octanol–water partition coefficient (Wildman–Crippen LogP) is 3.97. The highest BCUT2D eigenvalue weighted by atomic mass is 19.4. The number of amides is 1. The number of nitrogens with one attached hydrogen (secondary N) is 1. The second-order valence-electron chi connectivity index (χ2n) is 8.89. The summed E-state index contributed by atoms with van der Waals surface area (Å²) < 4.78 is 83.4. The van der Waals surface area contributed by atoms with Crippen molar-refractivity contribution in [3.63, 3.8) is 0 Å². The van der Waals surface area contributed by atoms with Crippen LogP contribution < -0.4 is 11.1 Å². The van der Waals surface area contributed by atoms with E-state index < -0.39 is 70.6 Å². The van der Waals surface area contributed by atoms with E-state index in [1.54, 1.807) is 0 Å². The number of carbonyl (C=O) groups is 1. The fraction of sp³-hybridized carbons (Fsp3) is 0.304. The third kappa shape index (κ3) is 5.25. The number of nitrogens with two attached hydrogens (primary N) is 1. The molecule has 3 aromatic rings. The van der Waals surface area contributed by atoms with Crippen LogP contribution in [0, 0.1) is 17.5 Å². The molecule has 13 heteroatoms. The minimum atomic E-state index is -5.24. The van der Waals surface area contributed by atoms with Crippen molar-refractivity contribution in [3.05, 3.63) is 71.2 Å². The lowest BCUT2D eigenvalue weighted by atomic mass is 9.74. The number of halogens is 6. The number of benzene rings is 2. The molecule has 2 aromatic carbocycles. The van der Waals surface area contributed by atoms with Crippen LogP contribution in [-0.4, -0.2) is 44.2 Å². The topological polar surface area (TPSA) is 113 Å². The first-order chi connectivity index (χ1) is 16.6. The van der Waals surface area contributed by atoms with Crippen molar-refractivity contribution in [2.24, 2.45) is 0 Å². The van der Waals surface area contributed by atoms with Crippen LogP contribution in [0.5, 0.6) is 5.75 Å². The summed E-state index contributed by atoms with van der Waals surface area (Å²) in [6.45, 7) is 1.20. The Hall–Kier alpha value is -3.74. The van der Waals surface area contributed by atoms with Gasteiger partial charge in [-0.3, -0.25) is 4.79 Å². The van der Waals surface area contributed by atoms with Crippen LogP contribution in [0.15, 0.2) is 42.6 Å². The molecule has 5 N–H and O–H groups in total. The number of nitrogens with zero attached hydrogens (tertiary/aromatic N) is 2. The summed E-state index contributed by atoms with van der Waals surface area (Å²) in [6.07, 6.45) is -5.43. The largest absolute Gasteiger partial charge is 0.508 e. The quantitative estimate of drug-likeness (QED) is 0.355. The molecular weight excluding hydrogens is 494 g/mol. The monoisotopic (exact) mass is 516 g/mol. The molecule has 1 unspecified atom stereocenters. The molecule has 0 radical (unpaired) electrons. The van der Waals surface area contributed by atoms with Crippen LogP contribution in [0.25, 0.3) is 5.69 Å². The molecule has 3 rings (SSSR count). The Bertz CT molecular complexity index is 1290. The number of anilines is 1. The smallest absolute Gasteiger partial charge is 0.418 e. The standard InChI is InChI=1S/C23H22F6N4O3/c1-21(2,15-7-12(24)4-6-18(15)34)10-22(36,23(27,28)29)11-31-20(35)14-9-32-33(19(14)30)17-5-3-13(25)8-16(17)26/h3-9,34,36H,10-11,30H2,1-2H3,(H,31,35). The van der Waals surface area contributed by atoms with Crippen molar-refractivity contribution in [2.75, 3.05) is 12.3 Å². The minimum Gasteiger partial charge on any atom is -0.508 e. The van der Waals surface area contributed by atoms with Gasteiger partial charge in [0.15, 0.2) is 11.4 Å². The van der Waals surface area contributed by atoms with Crippen LogP contribution in [-0.2, 0) is 5.41 Å². The lowest BCUT2D eigenvalue weighted by Gasteiger charge is -2.38. The van der Waals surface area contributed by atoms with Crippen molar-refractivity contribution < 1.29 is 41.4 Å². The molecule has 194 valence electrons. The van der Waals surface area contributed by atoms with Crippen molar-refractivity contribution in [3.8, 4) is 11.4 Å². The van der Waals surface area contributed by atoms with E-state index in [1.165, 1.54) is 13.8 Å². The minimum absolute atomic E-state index is 0.177. The highest BCUT2D eigenvalue weighted by Crippen LogP contribution is 2.43. The Labute approximate surface area is 201 Å². The van der Waals surface area contributed by atoms with Gasteiger partial charge in [0, 0.05) is 11.6 Å². The molecule has 0 aliphatic heterocycles. The molecule has 0 fully saturated rings. The van der Waals surface area contributed by atoms with Crippen molar-refractivity contribution in [2.45, 2.75) is 37.5 Å². The fourth-order valence-electron chi connectivity index (χ4n) is 3.84. The number of aromatic nitrogens is 2. The molecule has 0 bridgehead atoms. The van der Waals surface area contributed by atoms with E-state index in [0.29, 0.717) is 6.07 Å². The SMILES string of the molecule is CC(C)(CC(O)(CNC(=O)c1cnn(-c2ccc(F)cc2F)c1N)C(F)(F)F)c1cc(F)ccc1O. The normalized spacial score (nSPS) is 13.9. The maximum absolute atomic E-state index is 14.1. The number of phenols is 1. The van der Waals surface area contributed by atoms with Crippen LogP contribution in [0.2, 0.25) is 0 Å². The molecule has 0 saturated heterocycles. The number of aromatic hydroxyl groups is 1. The first kappa shape index (κ1) is 26.9. The van der Waals surface area contributed by atoms with Gasteiger partial charge in [0.25, 0.3) is 5.91 Å². The number of nitrogen functional groups attached to an aromatic ring is 1. The zero-order chi connectivity index (χ0) is 27.1. The van der Waals surface area contributed by atoms with Crippen molar-refractivity contribution in [1.29, 1.82) is 0 Å². The summed E-state index contributed by atoms with van der Waals surface area (Å²) >= 11 is 0. The van der Waals surface area contributed by atoms with Gasteiger partial charge in [-0.1, -0.05) is 13.8 Å². The van der Waals surface area contributed by atoms with Crippen molar-refractivity contribution >= 4 is 11.7 Å². The van der Waals surface area contributed by atoms with E-state index in [1.807, 2.05) is 5.32 Å². The third-order valence-corrected chi connectivity index (χ3v) is 5.68. The molecule has 0 aliphatic carbocycles. The lowest BCUT2D eigenvalue weighted by molar-refractivity contribution is -0.263. The van der Waals surface area contributed by atoms with Gasteiger partial charge in [-0.15, -0.1) is 0 Å². The van der Waals surface area contributed by atoms with E-state index in [2.05, 4.69) is 5.10 Å². The number of phenolic OH excluding ortho intramolecular Hbond substituents is 1. The highest BCUT2D eigenvalue weighted by molar-refractivity contribution is 5.98. The summed E-state index contributed by atoms with van der Waals surface area (Å²) in [5.41, 5.74) is -0.197. The number of hydrogen-bond acceptors (Lipinski definition) is 5. The molecule has 36 heavy (non-hydrogen) atoms. The van der Waals surface area contributed by atoms with Crippen LogP contribution in [0.1, 0.15) is 36.2 Å². The Morgan fingerprint density at radius 2 is 1.69 bits per heavy atom. The van der Waals surface area contributed by atoms with E-state index in [9.17, 15) is 41.4 Å². The van der Waals surface area contributed by atoms with E-state index in [4.69, 9.17) is 5.73 Å². The number of carbonyl (C=O) groups excluding carboxylic acids is 1. The van der Waals surface area contributed by atoms with E-state index in [-0.39, 0.29) is 11.3 Å². The molecule has 0 saturated carbocycles. The molecule has 1 amide bonds. The number of aliphatic hydroxyl groups is 1. The van der Waals surface area contributed by atoms with Crippen LogP contribution in [0.4, 0.5) is 32.2 Å². The summed E-state index contributed by atoms with van der Waals surface area (Å²) in [7, 11) is 0. The Balaban J connectivity index is 1.85. The van der Waals surface area contributed by atoms with Gasteiger partial charge >= 0.3 is 6.18 Å². The van der Waals surface area contributed by atoms with E-state index in [0.717, 1.165) is 41.2 Å². The second kappa shape index (κ2) is 9.37. The zero-order valence-corrected chi connectivity index (χ0v) is 19.0. The molecule has 1 atom stereocenters. The first-order valence-corrected chi connectivity index (χ1v) is 10.4. The maximum atomic E-state index is 14.1. The van der Waals surface area contributed by atoms with E-state index >= 15 is 0 Å². The highest BCUT2D eigenvalue weighted by Gasteiger charge is 2.56. The van der Waals surface area contributed by atoms with Gasteiger partial charge in [0.2, 0.25) is 0 Å². The molecule has 0 aliphatic rings. The molecular formula is C23H22F6N4O3. The number of rotatable bonds is 7. The molecule has 1 aromatic heterocycles. The molecule has 0 spiro atoms. The average molecular weight is 516 g/mol. The zero-order valence-electron chi connectivity index (χ0n) is 19.0. The van der Waals surface area contributed by atoms with Crippen molar-refractivity contribution in [1.82, 2.24) is 15.1 Å². The van der Waals surface area contributed by atoms with Gasteiger partial charge in [-0.25, -0.2) is 17.9 Å². The van der Waals surface area contributed by atoms with Gasteiger partial charge in [-0.05, 0) is 42.2 Å². The number of hydrogen-bond donors (Lipinski definition) is 4. The Kier molecular flexibility index (Phi) is 6.99. The van der Waals surface area contributed by atoms with Crippen LogP contribution in [0.3, 0.4) is 0 Å². The predicted molar refractivity (Wildman–Crippen MR) is 117 cm³/mol. The summed E-state index contributed by atoms with van der Waals surface area (Å²) in [6, 6.07) is 5.23. The molecule has 1 heterocycles. The fourth-order valence-corrected chi connectivity index (χ4v) is 3.84. The summed E-state index contributed by atoms with van der Waals surface area (Å²) in [5.74, 6) is -4.80. The second-order valence-corrected chi connectivity index (χ2v) is 8.89. The summed E-state index contributed by atoms with van der Waals surface area (Å²) in [5, 5.41) is 26.3. The average Bonchev–Trinajstić information content (AvgIpc) is 3.13. The van der Waals surface area contributed by atoms with Gasteiger partial charge in [0.05, 0.1) is 12.7 Å². The van der Waals surface area contributed by atoms with Gasteiger partial charge < -0.3 is 21.3 Å². The third-order valence-electron chi connectivity index (χ3n) is 5.68.